The molecular formula is C10H18N2O4. The van der Waals surface area contributed by atoms with Crippen LogP contribution in [-0.4, -0.2) is 37.7 Å². The highest BCUT2D eigenvalue weighted by atomic mass is 16.7. The molecule has 0 aromatic heterocycles. The molecule has 1 aliphatic rings. The minimum Gasteiger partial charge on any atom is -0.371 e. The van der Waals surface area contributed by atoms with Crippen LogP contribution in [0, 0.1) is 0 Å². The van der Waals surface area contributed by atoms with E-state index in [9.17, 15) is 9.59 Å². The number of amides is 2. The summed E-state index contributed by atoms with van der Waals surface area (Å²) >= 11 is 0. The molecule has 0 aromatic carbocycles. The smallest absolute Gasteiger partial charge is 0.243 e. The minimum absolute atomic E-state index is 0.0442. The Bertz CT molecular complexity index is 241. The van der Waals surface area contributed by atoms with E-state index < -0.39 is 0 Å². The van der Waals surface area contributed by atoms with Gasteiger partial charge in [0.25, 0.3) is 0 Å². The molecule has 0 aliphatic carbocycles. The topological polar surface area (TPSA) is 80.0 Å². The van der Waals surface area contributed by atoms with Crippen LogP contribution in [0.5, 0.6) is 0 Å². The monoisotopic (exact) mass is 230 g/mol. The van der Waals surface area contributed by atoms with Crippen molar-refractivity contribution in [1.82, 2.24) is 10.8 Å². The Balaban J connectivity index is 1.83. The van der Waals surface area contributed by atoms with E-state index in [-0.39, 0.29) is 17.9 Å². The Kier molecular flexibility index (Phi) is 5.81. The first-order valence-electron chi connectivity index (χ1n) is 5.45. The normalized spacial score (nSPS) is 17.9. The number of hydroxylamine groups is 1. The Morgan fingerprint density at radius 1 is 1.44 bits per heavy atom. The summed E-state index contributed by atoms with van der Waals surface area (Å²) in [6.07, 6.45) is 2.08. The first-order valence-corrected chi connectivity index (χ1v) is 5.45. The molecule has 1 rings (SSSR count). The maximum Gasteiger partial charge on any atom is 0.243 e. The quantitative estimate of drug-likeness (QED) is 0.342. The third kappa shape index (κ3) is 7.19. The fourth-order valence-corrected chi connectivity index (χ4v) is 1.11. The van der Waals surface area contributed by atoms with Crippen LogP contribution < -0.4 is 10.8 Å². The molecule has 6 nitrogen and oxygen atoms in total. The van der Waals surface area contributed by atoms with Crippen molar-refractivity contribution in [3.8, 4) is 0 Å². The summed E-state index contributed by atoms with van der Waals surface area (Å²) in [5.74, 6) is -0.180. The number of carbonyl (C=O) groups excluding carboxylic acids is 2. The summed E-state index contributed by atoms with van der Waals surface area (Å²) in [6, 6.07) is 0. The predicted molar refractivity (Wildman–Crippen MR) is 56.4 cm³/mol. The predicted octanol–water partition coefficient (Wildman–Crippen LogP) is -0.261. The van der Waals surface area contributed by atoms with E-state index in [0.29, 0.717) is 26.2 Å². The van der Waals surface area contributed by atoms with E-state index in [4.69, 9.17) is 9.57 Å². The first-order chi connectivity index (χ1) is 7.68. The molecule has 1 atom stereocenters. The zero-order valence-corrected chi connectivity index (χ0v) is 9.45. The lowest BCUT2D eigenvalue weighted by Crippen LogP contribution is -2.26. The van der Waals surface area contributed by atoms with E-state index in [1.807, 2.05) is 0 Å². The first kappa shape index (κ1) is 12.9. The second-order valence-corrected chi connectivity index (χ2v) is 3.73. The molecule has 1 aliphatic heterocycles. The Morgan fingerprint density at radius 3 is 2.81 bits per heavy atom. The highest BCUT2D eigenvalue weighted by Gasteiger charge is 2.22. The van der Waals surface area contributed by atoms with Gasteiger partial charge >= 0.3 is 0 Å². The van der Waals surface area contributed by atoms with Crippen LogP contribution in [0.15, 0.2) is 0 Å². The van der Waals surface area contributed by atoms with Gasteiger partial charge in [0.1, 0.15) is 12.7 Å². The van der Waals surface area contributed by atoms with Crippen molar-refractivity contribution in [2.24, 2.45) is 0 Å². The van der Waals surface area contributed by atoms with Gasteiger partial charge < -0.3 is 10.1 Å². The van der Waals surface area contributed by atoms with Gasteiger partial charge in [0, 0.05) is 19.9 Å². The molecular weight excluding hydrogens is 212 g/mol. The molecule has 1 unspecified atom stereocenters. The zero-order chi connectivity index (χ0) is 11.8. The lowest BCUT2D eigenvalue weighted by Gasteiger charge is -2.04. The largest absolute Gasteiger partial charge is 0.371 e. The Hall–Kier alpha value is -1.14. The molecule has 0 saturated carbocycles. The highest BCUT2D eigenvalue weighted by molar-refractivity contribution is 5.74. The Labute approximate surface area is 94.6 Å². The third-order valence-electron chi connectivity index (χ3n) is 2.06. The average molecular weight is 230 g/mol. The van der Waals surface area contributed by atoms with Crippen LogP contribution in [0.2, 0.25) is 0 Å². The van der Waals surface area contributed by atoms with Crippen molar-refractivity contribution in [2.45, 2.75) is 32.3 Å². The van der Waals surface area contributed by atoms with E-state index in [0.717, 1.165) is 12.8 Å². The molecule has 0 radical (unpaired) electrons. The SMILES string of the molecule is CC(=O)NCCCCC(=O)NOCC1CO1. The molecule has 2 amide bonds. The van der Waals surface area contributed by atoms with Crippen LogP contribution in [0.25, 0.3) is 0 Å². The summed E-state index contributed by atoms with van der Waals surface area (Å²) < 4.78 is 4.91. The Morgan fingerprint density at radius 2 is 2.19 bits per heavy atom. The van der Waals surface area contributed by atoms with Gasteiger partial charge in [-0.1, -0.05) is 0 Å². The standard InChI is InChI=1S/C10H18N2O4/c1-8(13)11-5-3-2-4-10(14)12-16-7-9-6-15-9/h9H,2-7H2,1H3,(H,11,13)(H,12,14). The lowest BCUT2D eigenvalue weighted by atomic mass is 10.2. The summed E-state index contributed by atoms with van der Waals surface area (Å²) in [5, 5.41) is 2.67. The fraction of sp³-hybridized carbons (Fsp3) is 0.800. The van der Waals surface area contributed by atoms with Crippen LogP contribution in [0.1, 0.15) is 26.2 Å². The van der Waals surface area contributed by atoms with E-state index in [1.165, 1.54) is 6.92 Å². The molecule has 92 valence electrons. The number of rotatable bonds is 8. The number of hydrogen-bond acceptors (Lipinski definition) is 4. The molecule has 6 heteroatoms. The molecule has 0 aromatic rings. The molecule has 2 N–H and O–H groups in total. The van der Waals surface area contributed by atoms with Crippen molar-refractivity contribution in [1.29, 1.82) is 0 Å². The fourth-order valence-electron chi connectivity index (χ4n) is 1.11. The summed E-state index contributed by atoms with van der Waals surface area (Å²) in [5.41, 5.74) is 2.35. The van der Waals surface area contributed by atoms with Crippen LogP contribution >= 0.6 is 0 Å². The number of epoxide rings is 1. The van der Waals surface area contributed by atoms with Crippen molar-refractivity contribution in [3.63, 3.8) is 0 Å². The second kappa shape index (κ2) is 7.19. The molecule has 1 saturated heterocycles. The van der Waals surface area contributed by atoms with Crippen molar-refractivity contribution in [2.75, 3.05) is 19.8 Å². The number of unbranched alkanes of at least 4 members (excludes halogenated alkanes) is 1. The molecule has 1 fully saturated rings. The number of hydrogen-bond donors (Lipinski definition) is 2. The number of ether oxygens (including phenoxy) is 1. The average Bonchev–Trinajstić information content (AvgIpc) is 3.00. The van der Waals surface area contributed by atoms with Crippen LogP contribution in [-0.2, 0) is 19.2 Å². The van der Waals surface area contributed by atoms with Gasteiger partial charge in [0.2, 0.25) is 11.8 Å². The maximum atomic E-state index is 11.2. The van der Waals surface area contributed by atoms with E-state index in [1.54, 1.807) is 0 Å². The van der Waals surface area contributed by atoms with Gasteiger partial charge in [-0.05, 0) is 12.8 Å². The van der Waals surface area contributed by atoms with Crippen molar-refractivity contribution in [3.05, 3.63) is 0 Å². The van der Waals surface area contributed by atoms with Crippen molar-refractivity contribution >= 4 is 11.8 Å². The van der Waals surface area contributed by atoms with Crippen LogP contribution in [0.3, 0.4) is 0 Å². The van der Waals surface area contributed by atoms with Crippen LogP contribution in [0.4, 0.5) is 0 Å². The molecule has 1 heterocycles. The number of carbonyl (C=O) groups is 2. The maximum absolute atomic E-state index is 11.2. The second-order valence-electron chi connectivity index (χ2n) is 3.73. The lowest BCUT2D eigenvalue weighted by molar-refractivity contribution is -0.134. The van der Waals surface area contributed by atoms with E-state index in [2.05, 4.69) is 10.8 Å². The zero-order valence-electron chi connectivity index (χ0n) is 9.45. The summed E-state index contributed by atoms with van der Waals surface area (Å²) in [4.78, 5) is 26.6. The number of nitrogens with one attached hydrogen (secondary N) is 2. The molecule has 0 spiro atoms. The van der Waals surface area contributed by atoms with E-state index >= 15 is 0 Å². The van der Waals surface area contributed by atoms with Gasteiger partial charge in [-0.2, -0.15) is 0 Å². The molecule has 0 bridgehead atoms. The highest BCUT2D eigenvalue weighted by Crippen LogP contribution is 2.07. The van der Waals surface area contributed by atoms with Gasteiger partial charge in [0.05, 0.1) is 6.61 Å². The molecule has 16 heavy (non-hydrogen) atoms. The van der Waals surface area contributed by atoms with Gasteiger partial charge in [-0.25, -0.2) is 5.48 Å². The third-order valence-corrected chi connectivity index (χ3v) is 2.06. The summed E-state index contributed by atoms with van der Waals surface area (Å²) in [6.45, 7) is 3.21. The van der Waals surface area contributed by atoms with Crippen molar-refractivity contribution < 1.29 is 19.2 Å². The minimum atomic E-state index is -0.136. The van der Waals surface area contributed by atoms with Gasteiger partial charge in [0.15, 0.2) is 0 Å². The van der Waals surface area contributed by atoms with Gasteiger partial charge in [-0.3, -0.25) is 14.4 Å². The van der Waals surface area contributed by atoms with Gasteiger partial charge in [-0.15, -0.1) is 0 Å². The summed E-state index contributed by atoms with van der Waals surface area (Å²) in [7, 11) is 0.